The highest BCUT2D eigenvalue weighted by Gasteiger charge is 2.12. The number of aromatic nitrogens is 4. The van der Waals surface area contributed by atoms with Crippen LogP contribution < -0.4 is 5.32 Å². The SMILES string of the molecule is Cc1ccn(CC(=O)Nc2c(C#N)cnn2C)n1. The van der Waals surface area contributed by atoms with E-state index in [1.54, 1.807) is 13.2 Å². The number of nitrogens with zero attached hydrogens (tertiary/aromatic N) is 5. The fourth-order valence-corrected chi connectivity index (χ4v) is 1.54. The molecule has 2 aromatic rings. The first kappa shape index (κ1) is 11.9. The van der Waals surface area contributed by atoms with Crippen molar-refractivity contribution >= 4 is 11.7 Å². The number of amides is 1. The molecule has 0 spiro atoms. The first-order valence-electron chi connectivity index (χ1n) is 5.32. The second-order valence-electron chi connectivity index (χ2n) is 3.85. The molecule has 7 heteroatoms. The first-order chi connectivity index (χ1) is 8.60. The highest BCUT2D eigenvalue weighted by Crippen LogP contribution is 2.12. The van der Waals surface area contributed by atoms with Gasteiger partial charge in [0.2, 0.25) is 5.91 Å². The summed E-state index contributed by atoms with van der Waals surface area (Å²) < 4.78 is 2.98. The van der Waals surface area contributed by atoms with Crippen molar-refractivity contribution in [1.82, 2.24) is 19.6 Å². The van der Waals surface area contributed by atoms with E-state index in [0.717, 1.165) is 5.69 Å². The lowest BCUT2D eigenvalue weighted by Crippen LogP contribution is -2.21. The maximum Gasteiger partial charge on any atom is 0.247 e. The summed E-state index contributed by atoms with van der Waals surface area (Å²) in [4.78, 5) is 11.8. The highest BCUT2D eigenvalue weighted by molar-refractivity contribution is 5.90. The lowest BCUT2D eigenvalue weighted by Gasteiger charge is -2.06. The van der Waals surface area contributed by atoms with Crippen molar-refractivity contribution in [1.29, 1.82) is 5.26 Å². The molecule has 0 saturated carbocycles. The topological polar surface area (TPSA) is 88.5 Å². The number of carbonyl (C=O) groups excluding carboxylic acids is 1. The molecule has 0 aliphatic carbocycles. The minimum absolute atomic E-state index is 0.101. The Labute approximate surface area is 104 Å². The van der Waals surface area contributed by atoms with E-state index in [9.17, 15) is 4.79 Å². The largest absolute Gasteiger partial charge is 0.308 e. The summed E-state index contributed by atoms with van der Waals surface area (Å²) >= 11 is 0. The van der Waals surface area contributed by atoms with Gasteiger partial charge in [0, 0.05) is 13.2 Å². The Hall–Kier alpha value is -2.62. The molecule has 2 rings (SSSR count). The summed E-state index contributed by atoms with van der Waals surface area (Å²) in [5.41, 5.74) is 1.18. The van der Waals surface area contributed by atoms with Gasteiger partial charge in [0.05, 0.1) is 11.9 Å². The summed E-state index contributed by atoms with van der Waals surface area (Å²) in [6.07, 6.45) is 3.14. The Kier molecular flexibility index (Phi) is 3.10. The van der Waals surface area contributed by atoms with Crippen LogP contribution in [-0.4, -0.2) is 25.5 Å². The van der Waals surface area contributed by atoms with Crippen molar-refractivity contribution in [2.24, 2.45) is 7.05 Å². The van der Waals surface area contributed by atoms with Gasteiger partial charge in [-0.05, 0) is 13.0 Å². The Morgan fingerprint density at radius 2 is 2.39 bits per heavy atom. The van der Waals surface area contributed by atoms with Crippen LogP contribution >= 0.6 is 0 Å². The van der Waals surface area contributed by atoms with Crippen LogP contribution in [0, 0.1) is 18.3 Å². The van der Waals surface area contributed by atoms with Gasteiger partial charge in [-0.3, -0.25) is 14.2 Å². The van der Waals surface area contributed by atoms with E-state index < -0.39 is 0 Å². The maximum atomic E-state index is 11.8. The molecule has 0 aromatic carbocycles. The summed E-state index contributed by atoms with van der Waals surface area (Å²) in [6.45, 7) is 1.95. The summed E-state index contributed by atoms with van der Waals surface area (Å²) in [7, 11) is 1.66. The molecule has 0 unspecified atom stereocenters. The van der Waals surface area contributed by atoms with E-state index in [4.69, 9.17) is 5.26 Å². The lowest BCUT2D eigenvalue weighted by atomic mass is 10.3. The molecule has 0 saturated heterocycles. The molecule has 0 atom stereocenters. The standard InChI is InChI=1S/C11H12N6O/c1-8-3-4-17(15-8)7-10(18)14-11-9(5-12)6-13-16(11)2/h3-4,6H,7H2,1-2H3,(H,14,18). The molecule has 92 valence electrons. The van der Waals surface area contributed by atoms with Crippen molar-refractivity contribution in [2.45, 2.75) is 13.5 Å². The zero-order chi connectivity index (χ0) is 13.1. The Morgan fingerprint density at radius 1 is 1.61 bits per heavy atom. The second kappa shape index (κ2) is 4.71. The van der Waals surface area contributed by atoms with Gasteiger partial charge in [-0.2, -0.15) is 15.5 Å². The minimum Gasteiger partial charge on any atom is -0.308 e. The molecule has 0 radical (unpaired) electrons. The average molecular weight is 244 g/mol. The number of nitrogens with one attached hydrogen (secondary N) is 1. The quantitative estimate of drug-likeness (QED) is 0.848. The van der Waals surface area contributed by atoms with Crippen LogP contribution in [0.15, 0.2) is 18.5 Å². The lowest BCUT2D eigenvalue weighted by molar-refractivity contribution is -0.116. The predicted molar refractivity (Wildman–Crippen MR) is 63.5 cm³/mol. The van der Waals surface area contributed by atoms with Gasteiger partial charge in [-0.15, -0.1) is 0 Å². The summed E-state index contributed by atoms with van der Waals surface area (Å²) in [5.74, 6) is 0.143. The third kappa shape index (κ3) is 2.38. The summed E-state index contributed by atoms with van der Waals surface area (Å²) in [6, 6.07) is 3.79. The zero-order valence-corrected chi connectivity index (χ0v) is 10.1. The van der Waals surface area contributed by atoms with Crippen LogP contribution in [0.4, 0.5) is 5.82 Å². The molecule has 18 heavy (non-hydrogen) atoms. The minimum atomic E-state index is -0.252. The van der Waals surface area contributed by atoms with Crippen LogP contribution in [0.3, 0.4) is 0 Å². The molecule has 0 aliphatic heterocycles. The van der Waals surface area contributed by atoms with E-state index in [1.165, 1.54) is 15.6 Å². The number of hydrogen-bond acceptors (Lipinski definition) is 4. The van der Waals surface area contributed by atoms with Gasteiger partial charge < -0.3 is 5.32 Å². The summed E-state index contributed by atoms with van der Waals surface area (Å²) in [5, 5.41) is 19.5. The number of aryl methyl sites for hydroxylation is 2. The fourth-order valence-electron chi connectivity index (χ4n) is 1.54. The van der Waals surface area contributed by atoms with Gasteiger partial charge in [0.15, 0.2) is 0 Å². The monoisotopic (exact) mass is 244 g/mol. The van der Waals surface area contributed by atoms with Crippen LogP contribution in [0.5, 0.6) is 0 Å². The third-order valence-electron chi connectivity index (χ3n) is 2.40. The van der Waals surface area contributed by atoms with E-state index in [-0.39, 0.29) is 12.5 Å². The molecule has 2 heterocycles. The second-order valence-corrected chi connectivity index (χ2v) is 3.85. The number of rotatable bonds is 3. The smallest absolute Gasteiger partial charge is 0.247 e. The normalized spacial score (nSPS) is 10.1. The van der Waals surface area contributed by atoms with E-state index in [2.05, 4.69) is 15.5 Å². The Balaban J connectivity index is 2.08. The average Bonchev–Trinajstić information content (AvgIpc) is 2.87. The van der Waals surface area contributed by atoms with Crippen molar-refractivity contribution in [3.63, 3.8) is 0 Å². The van der Waals surface area contributed by atoms with Gasteiger partial charge in [0.1, 0.15) is 24.0 Å². The number of carbonyl (C=O) groups is 1. The zero-order valence-electron chi connectivity index (χ0n) is 10.1. The van der Waals surface area contributed by atoms with E-state index in [0.29, 0.717) is 11.4 Å². The van der Waals surface area contributed by atoms with Gasteiger partial charge >= 0.3 is 0 Å². The first-order valence-corrected chi connectivity index (χ1v) is 5.32. The van der Waals surface area contributed by atoms with Crippen LogP contribution in [0.2, 0.25) is 0 Å². The van der Waals surface area contributed by atoms with Crippen molar-refractivity contribution in [2.75, 3.05) is 5.32 Å². The number of anilines is 1. The molecule has 2 aromatic heterocycles. The Morgan fingerprint density at radius 3 is 3.00 bits per heavy atom. The van der Waals surface area contributed by atoms with E-state index in [1.807, 2.05) is 19.1 Å². The van der Waals surface area contributed by atoms with Gasteiger partial charge in [-0.1, -0.05) is 0 Å². The fraction of sp³-hybridized carbons (Fsp3) is 0.273. The molecule has 1 N–H and O–H groups in total. The third-order valence-corrected chi connectivity index (χ3v) is 2.40. The molecular weight excluding hydrogens is 232 g/mol. The van der Waals surface area contributed by atoms with Crippen LogP contribution in [0.1, 0.15) is 11.3 Å². The molecule has 0 aliphatic rings. The molecular formula is C11H12N6O. The molecule has 1 amide bonds. The van der Waals surface area contributed by atoms with Crippen LogP contribution in [0.25, 0.3) is 0 Å². The van der Waals surface area contributed by atoms with Crippen molar-refractivity contribution in [3.8, 4) is 6.07 Å². The van der Waals surface area contributed by atoms with Gasteiger partial charge in [-0.25, -0.2) is 0 Å². The van der Waals surface area contributed by atoms with Gasteiger partial charge in [0.25, 0.3) is 0 Å². The predicted octanol–water partition coefficient (Wildman–Crippen LogP) is 0.435. The molecule has 0 bridgehead atoms. The number of hydrogen-bond donors (Lipinski definition) is 1. The molecule has 0 fully saturated rings. The van der Waals surface area contributed by atoms with Crippen molar-refractivity contribution in [3.05, 3.63) is 29.7 Å². The highest BCUT2D eigenvalue weighted by atomic mass is 16.2. The van der Waals surface area contributed by atoms with E-state index >= 15 is 0 Å². The van der Waals surface area contributed by atoms with Crippen LogP contribution in [-0.2, 0) is 18.4 Å². The maximum absolute atomic E-state index is 11.8. The number of nitriles is 1. The Bertz CT molecular complexity index is 618. The molecule has 7 nitrogen and oxygen atoms in total. The van der Waals surface area contributed by atoms with Crippen molar-refractivity contribution < 1.29 is 4.79 Å².